The fourth-order valence-electron chi connectivity index (χ4n) is 1.52. The molecule has 1 atom stereocenters. The highest BCUT2D eigenvalue weighted by Crippen LogP contribution is 2.24. The third-order valence-electron chi connectivity index (χ3n) is 2.62. The maximum Gasteiger partial charge on any atom is 0.0843 e. The zero-order valence-electron chi connectivity index (χ0n) is 8.97. The quantitative estimate of drug-likeness (QED) is 0.864. The third-order valence-corrected chi connectivity index (χ3v) is 3.52. The molecule has 0 bridgehead atoms. The van der Waals surface area contributed by atoms with Crippen molar-refractivity contribution in [1.82, 2.24) is 4.37 Å². The molecule has 15 heavy (non-hydrogen) atoms. The van der Waals surface area contributed by atoms with Crippen molar-refractivity contribution in [3.05, 3.63) is 29.1 Å². The Hall–Kier alpha value is -0.930. The number of aliphatic hydroxyl groups excluding tert-OH is 1. The highest BCUT2D eigenvalue weighted by atomic mass is 32.1. The molecule has 1 heterocycles. The molecule has 0 aliphatic heterocycles. The van der Waals surface area contributed by atoms with Gasteiger partial charge in [-0.1, -0.05) is 32.0 Å². The Balaban J connectivity index is 2.29. The molecule has 0 fully saturated rings. The van der Waals surface area contributed by atoms with E-state index in [1.807, 2.05) is 32.0 Å². The Bertz CT molecular complexity index is 450. The van der Waals surface area contributed by atoms with Crippen LogP contribution in [-0.4, -0.2) is 15.6 Å². The van der Waals surface area contributed by atoms with Crippen molar-refractivity contribution in [3.8, 4) is 0 Å². The van der Waals surface area contributed by atoms with Crippen LogP contribution in [0.25, 0.3) is 10.9 Å². The molecule has 0 spiro atoms. The summed E-state index contributed by atoms with van der Waals surface area (Å²) in [5.74, 6) is 0.297. The van der Waals surface area contributed by atoms with E-state index in [4.69, 9.17) is 0 Å². The van der Waals surface area contributed by atoms with Crippen LogP contribution in [0.2, 0.25) is 0 Å². The summed E-state index contributed by atoms with van der Waals surface area (Å²) < 4.78 is 4.36. The number of benzene rings is 1. The second-order valence-electron chi connectivity index (χ2n) is 4.14. The van der Waals surface area contributed by atoms with E-state index in [0.29, 0.717) is 12.3 Å². The van der Waals surface area contributed by atoms with Crippen LogP contribution in [0.15, 0.2) is 24.3 Å². The molecule has 0 saturated carbocycles. The van der Waals surface area contributed by atoms with Crippen molar-refractivity contribution in [1.29, 1.82) is 0 Å². The van der Waals surface area contributed by atoms with Crippen LogP contribution in [0.5, 0.6) is 0 Å². The van der Waals surface area contributed by atoms with Crippen molar-refractivity contribution < 1.29 is 5.11 Å². The van der Waals surface area contributed by atoms with Crippen LogP contribution in [0, 0.1) is 5.92 Å². The van der Waals surface area contributed by atoms with E-state index in [1.54, 1.807) is 0 Å². The summed E-state index contributed by atoms with van der Waals surface area (Å²) in [5, 5.41) is 11.0. The minimum absolute atomic E-state index is 0.270. The molecule has 1 aromatic carbocycles. The van der Waals surface area contributed by atoms with Crippen LogP contribution in [0.3, 0.4) is 0 Å². The topological polar surface area (TPSA) is 33.1 Å². The van der Waals surface area contributed by atoms with Crippen LogP contribution in [0.1, 0.15) is 18.7 Å². The lowest BCUT2D eigenvalue weighted by molar-refractivity contribution is 0.127. The van der Waals surface area contributed by atoms with Crippen LogP contribution >= 0.6 is 11.5 Å². The van der Waals surface area contributed by atoms with Crippen molar-refractivity contribution in [2.24, 2.45) is 5.92 Å². The highest BCUT2D eigenvalue weighted by Gasteiger charge is 2.13. The number of fused-ring (bicyclic) bond motifs is 1. The van der Waals surface area contributed by atoms with Gasteiger partial charge in [0.15, 0.2) is 0 Å². The standard InChI is InChI=1S/C12H15NOS/c1-8(2)11(14)7-12-9-5-3-4-6-10(9)13-15-12/h3-6,8,11,14H,7H2,1-2H3. The van der Waals surface area contributed by atoms with Crippen LogP contribution < -0.4 is 0 Å². The van der Waals surface area contributed by atoms with Gasteiger partial charge in [0.25, 0.3) is 0 Å². The molecule has 0 radical (unpaired) electrons. The Labute approximate surface area is 93.7 Å². The molecule has 3 heteroatoms. The van der Waals surface area contributed by atoms with Crippen molar-refractivity contribution in [3.63, 3.8) is 0 Å². The van der Waals surface area contributed by atoms with Crippen molar-refractivity contribution in [2.75, 3.05) is 0 Å². The summed E-state index contributed by atoms with van der Waals surface area (Å²) in [6, 6.07) is 8.09. The van der Waals surface area contributed by atoms with Gasteiger partial charge in [0.1, 0.15) is 0 Å². The normalized spacial score (nSPS) is 13.6. The van der Waals surface area contributed by atoms with Gasteiger partial charge in [0.2, 0.25) is 0 Å². The highest BCUT2D eigenvalue weighted by molar-refractivity contribution is 7.07. The number of aliphatic hydroxyl groups is 1. The van der Waals surface area contributed by atoms with E-state index in [2.05, 4.69) is 10.4 Å². The molecule has 2 aromatic rings. The van der Waals surface area contributed by atoms with Gasteiger partial charge in [-0.3, -0.25) is 0 Å². The van der Waals surface area contributed by atoms with Gasteiger partial charge in [0, 0.05) is 16.7 Å². The van der Waals surface area contributed by atoms with Crippen molar-refractivity contribution >= 4 is 22.4 Å². The number of hydrogen-bond acceptors (Lipinski definition) is 3. The van der Waals surface area contributed by atoms with Crippen LogP contribution in [0.4, 0.5) is 0 Å². The summed E-state index contributed by atoms with van der Waals surface area (Å²) in [4.78, 5) is 1.19. The molecule has 0 aliphatic carbocycles. The van der Waals surface area contributed by atoms with Crippen molar-refractivity contribution in [2.45, 2.75) is 26.4 Å². The monoisotopic (exact) mass is 221 g/mol. The molecule has 1 aromatic heterocycles. The maximum absolute atomic E-state index is 9.84. The fraction of sp³-hybridized carbons (Fsp3) is 0.417. The molecular weight excluding hydrogens is 206 g/mol. The zero-order chi connectivity index (χ0) is 10.8. The zero-order valence-corrected chi connectivity index (χ0v) is 9.79. The lowest BCUT2D eigenvalue weighted by Gasteiger charge is -2.12. The number of rotatable bonds is 3. The molecule has 0 saturated heterocycles. The first-order chi connectivity index (χ1) is 7.18. The van der Waals surface area contributed by atoms with Gasteiger partial charge in [-0.05, 0) is 23.5 Å². The molecule has 2 rings (SSSR count). The maximum atomic E-state index is 9.84. The Morgan fingerprint density at radius 2 is 2.07 bits per heavy atom. The van der Waals surface area contributed by atoms with Gasteiger partial charge in [-0.2, -0.15) is 4.37 Å². The summed E-state index contributed by atoms with van der Waals surface area (Å²) in [5.41, 5.74) is 1.04. The predicted molar refractivity (Wildman–Crippen MR) is 64.2 cm³/mol. The first kappa shape index (κ1) is 10.6. The molecule has 1 N–H and O–H groups in total. The Morgan fingerprint density at radius 3 is 2.80 bits per heavy atom. The van der Waals surface area contributed by atoms with E-state index >= 15 is 0 Å². The van der Waals surface area contributed by atoms with Gasteiger partial charge in [0.05, 0.1) is 11.6 Å². The van der Waals surface area contributed by atoms with Gasteiger partial charge < -0.3 is 5.11 Å². The molecule has 1 unspecified atom stereocenters. The summed E-state index contributed by atoms with van der Waals surface area (Å²) >= 11 is 1.50. The molecule has 0 aliphatic rings. The van der Waals surface area contributed by atoms with E-state index in [0.717, 1.165) is 5.52 Å². The summed E-state index contributed by atoms with van der Waals surface area (Å²) in [7, 11) is 0. The smallest absolute Gasteiger partial charge is 0.0843 e. The minimum Gasteiger partial charge on any atom is -0.392 e. The average Bonchev–Trinajstić information content (AvgIpc) is 2.62. The molecule has 2 nitrogen and oxygen atoms in total. The third kappa shape index (κ3) is 2.19. The lowest BCUT2D eigenvalue weighted by Crippen LogP contribution is -2.16. The van der Waals surface area contributed by atoms with Crippen LogP contribution in [-0.2, 0) is 6.42 Å². The van der Waals surface area contributed by atoms with Gasteiger partial charge in [-0.15, -0.1) is 0 Å². The lowest BCUT2D eigenvalue weighted by atomic mass is 10.0. The van der Waals surface area contributed by atoms with E-state index < -0.39 is 0 Å². The summed E-state index contributed by atoms with van der Waals surface area (Å²) in [6.07, 6.45) is 0.442. The first-order valence-electron chi connectivity index (χ1n) is 5.20. The number of aromatic nitrogens is 1. The minimum atomic E-state index is -0.270. The molecule has 0 amide bonds. The van der Waals surface area contributed by atoms with Gasteiger partial charge in [-0.25, -0.2) is 0 Å². The van der Waals surface area contributed by atoms with E-state index in [-0.39, 0.29) is 6.10 Å². The Morgan fingerprint density at radius 1 is 1.33 bits per heavy atom. The largest absolute Gasteiger partial charge is 0.392 e. The fourth-order valence-corrected chi connectivity index (χ4v) is 2.40. The van der Waals surface area contributed by atoms with E-state index in [9.17, 15) is 5.11 Å². The number of hydrogen-bond donors (Lipinski definition) is 1. The number of nitrogens with zero attached hydrogens (tertiary/aromatic N) is 1. The second kappa shape index (κ2) is 4.29. The average molecular weight is 221 g/mol. The van der Waals surface area contributed by atoms with E-state index in [1.165, 1.54) is 21.8 Å². The Kier molecular flexibility index (Phi) is 3.03. The molecule has 80 valence electrons. The SMILES string of the molecule is CC(C)C(O)Cc1snc2ccccc12. The predicted octanol–water partition coefficient (Wildman–Crippen LogP) is 2.86. The summed E-state index contributed by atoms with van der Waals surface area (Å²) in [6.45, 7) is 4.07. The van der Waals surface area contributed by atoms with Gasteiger partial charge >= 0.3 is 0 Å². The molecular formula is C12H15NOS. The second-order valence-corrected chi connectivity index (χ2v) is 5.00. The first-order valence-corrected chi connectivity index (χ1v) is 5.97.